The van der Waals surface area contributed by atoms with Crippen LogP contribution in [0, 0.1) is 0 Å². The molecule has 0 atom stereocenters. The molecular formula is C17H14O5. The van der Waals surface area contributed by atoms with Gasteiger partial charge in [-0.2, -0.15) is 0 Å². The van der Waals surface area contributed by atoms with Crippen molar-refractivity contribution in [2.24, 2.45) is 0 Å². The molecule has 3 rings (SSSR count). The van der Waals surface area contributed by atoms with E-state index in [0.29, 0.717) is 16.7 Å². The first-order valence-electron chi connectivity index (χ1n) is 6.61. The van der Waals surface area contributed by atoms with Crippen LogP contribution in [0.2, 0.25) is 0 Å². The molecule has 5 nitrogen and oxygen atoms in total. The average Bonchev–Trinajstić information content (AvgIpc) is 2.55. The number of hydrogen-bond acceptors (Lipinski definition) is 5. The molecule has 0 aliphatic rings. The average molecular weight is 298 g/mol. The lowest BCUT2D eigenvalue weighted by atomic mass is 10.1. The number of benzene rings is 2. The molecule has 1 aromatic heterocycles. The lowest BCUT2D eigenvalue weighted by Crippen LogP contribution is -2.05. The fourth-order valence-electron chi connectivity index (χ4n) is 2.33. The van der Waals surface area contributed by atoms with Gasteiger partial charge in [0, 0.05) is 0 Å². The Labute approximate surface area is 126 Å². The molecule has 2 aromatic carbocycles. The molecule has 0 spiro atoms. The van der Waals surface area contributed by atoms with Gasteiger partial charge in [0.1, 0.15) is 12.0 Å². The number of aromatic hydroxyl groups is 1. The monoisotopic (exact) mass is 298 g/mol. The highest BCUT2D eigenvalue weighted by molar-refractivity contribution is 5.88. The summed E-state index contributed by atoms with van der Waals surface area (Å²) in [6.45, 7) is 0. The van der Waals surface area contributed by atoms with Gasteiger partial charge in [0.15, 0.2) is 11.3 Å². The molecule has 0 fully saturated rings. The van der Waals surface area contributed by atoms with Gasteiger partial charge in [-0.15, -0.1) is 0 Å². The first-order chi connectivity index (χ1) is 10.7. The summed E-state index contributed by atoms with van der Waals surface area (Å²) in [6, 6.07) is 10.1. The lowest BCUT2D eigenvalue weighted by molar-refractivity contribution is 0.370. The van der Waals surface area contributed by atoms with Gasteiger partial charge >= 0.3 is 0 Å². The third-order valence-corrected chi connectivity index (χ3v) is 3.48. The fraction of sp³-hybridized carbons (Fsp3) is 0.118. The number of hydrogen-bond donors (Lipinski definition) is 1. The predicted octanol–water partition coefficient (Wildman–Crippen LogP) is 3.18. The Bertz CT molecular complexity index is 878. The van der Waals surface area contributed by atoms with E-state index in [1.807, 2.05) is 0 Å². The van der Waals surface area contributed by atoms with E-state index in [9.17, 15) is 9.90 Å². The van der Waals surface area contributed by atoms with Crippen LogP contribution in [0.4, 0.5) is 0 Å². The van der Waals surface area contributed by atoms with Crippen LogP contribution in [0.5, 0.6) is 17.2 Å². The highest BCUT2D eigenvalue weighted by atomic mass is 16.5. The van der Waals surface area contributed by atoms with E-state index in [0.717, 1.165) is 5.56 Å². The van der Waals surface area contributed by atoms with Crippen molar-refractivity contribution in [2.45, 2.75) is 0 Å². The number of phenolic OH excluding ortho intramolecular Hbond substituents is 1. The van der Waals surface area contributed by atoms with Gasteiger partial charge in [-0.05, 0) is 29.8 Å². The molecule has 0 aliphatic heterocycles. The van der Waals surface area contributed by atoms with E-state index in [1.165, 1.54) is 25.5 Å². The first kappa shape index (κ1) is 14.0. The van der Waals surface area contributed by atoms with E-state index in [1.54, 1.807) is 31.4 Å². The highest BCUT2D eigenvalue weighted by Gasteiger charge is 2.15. The van der Waals surface area contributed by atoms with Crippen LogP contribution in [0.3, 0.4) is 0 Å². The molecule has 0 aliphatic carbocycles. The summed E-state index contributed by atoms with van der Waals surface area (Å²) in [5, 5.41) is 10.1. The zero-order valence-corrected chi connectivity index (χ0v) is 12.1. The van der Waals surface area contributed by atoms with Crippen LogP contribution in [0.15, 0.2) is 51.9 Å². The van der Waals surface area contributed by atoms with Crippen molar-refractivity contribution in [3.8, 4) is 28.4 Å². The van der Waals surface area contributed by atoms with E-state index >= 15 is 0 Å². The first-order valence-corrected chi connectivity index (χ1v) is 6.61. The van der Waals surface area contributed by atoms with Crippen molar-refractivity contribution < 1.29 is 19.0 Å². The number of methoxy groups -OCH3 is 2. The Morgan fingerprint density at radius 3 is 2.36 bits per heavy atom. The molecule has 0 bridgehead atoms. The van der Waals surface area contributed by atoms with Gasteiger partial charge in [-0.3, -0.25) is 4.79 Å². The van der Waals surface area contributed by atoms with Gasteiger partial charge in [-0.25, -0.2) is 0 Å². The van der Waals surface area contributed by atoms with E-state index in [2.05, 4.69) is 0 Å². The SMILES string of the molecule is COc1ccc(-c2coc3c(OC)c(O)ccc3c2=O)cc1. The maximum Gasteiger partial charge on any atom is 0.204 e. The second-order valence-corrected chi connectivity index (χ2v) is 4.70. The molecule has 112 valence electrons. The van der Waals surface area contributed by atoms with Crippen molar-refractivity contribution in [1.82, 2.24) is 0 Å². The van der Waals surface area contributed by atoms with E-state index in [-0.39, 0.29) is 22.5 Å². The third-order valence-electron chi connectivity index (χ3n) is 3.48. The van der Waals surface area contributed by atoms with Crippen molar-refractivity contribution >= 4 is 11.0 Å². The summed E-state index contributed by atoms with van der Waals surface area (Å²) < 4.78 is 15.7. The van der Waals surface area contributed by atoms with E-state index in [4.69, 9.17) is 13.9 Å². The van der Waals surface area contributed by atoms with Crippen molar-refractivity contribution in [1.29, 1.82) is 0 Å². The summed E-state index contributed by atoms with van der Waals surface area (Å²) in [5.74, 6) is 0.784. The van der Waals surface area contributed by atoms with Crippen LogP contribution in [-0.2, 0) is 0 Å². The van der Waals surface area contributed by atoms with Crippen LogP contribution in [-0.4, -0.2) is 19.3 Å². The summed E-state index contributed by atoms with van der Waals surface area (Å²) in [6.07, 6.45) is 1.37. The Kier molecular flexibility index (Phi) is 3.47. The standard InChI is InChI=1S/C17H14O5/c1-20-11-5-3-10(4-6-11)13-9-22-16-12(15(13)19)7-8-14(18)17(16)21-2/h3-9,18H,1-2H3. The molecule has 1 heterocycles. The second-order valence-electron chi connectivity index (χ2n) is 4.70. The summed E-state index contributed by atoms with van der Waals surface area (Å²) in [5.41, 5.74) is 1.20. The Morgan fingerprint density at radius 2 is 1.73 bits per heavy atom. The number of ether oxygens (including phenoxy) is 2. The summed E-state index contributed by atoms with van der Waals surface area (Å²) in [4.78, 5) is 12.6. The van der Waals surface area contributed by atoms with Gasteiger partial charge in [-0.1, -0.05) is 12.1 Å². The quantitative estimate of drug-likeness (QED) is 0.804. The zero-order chi connectivity index (χ0) is 15.7. The maximum atomic E-state index is 12.6. The highest BCUT2D eigenvalue weighted by Crippen LogP contribution is 2.34. The van der Waals surface area contributed by atoms with Gasteiger partial charge in [0.2, 0.25) is 11.2 Å². The van der Waals surface area contributed by atoms with Crippen molar-refractivity contribution in [2.75, 3.05) is 14.2 Å². The Hall–Kier alpha value is -2.95. The largest absolute Gasteiger partial charge is 0.504 e. The second kappa shape index (κ2) is 5.44. The van der Waals surface area contributed by atoms with Crippen molar-refractivity contribution in [3.63, 3.8) is 0 Å². The minimum Gasteiger partial charge on any atom is -0.504 e. The molecule has 5 heteroatoms. The van der Waals surface area contributed by atoms with Crippen LogP contribution in [0.1, 0.15) is 0 Å². The molecule has 0 amide bonds. The van der Waals surface area contributed by atoms with Gasteiger partial charge in [0.05, 0.1) is 25.2 Å². The molecule has 22 heavy (non-hydrogen) atoms. The van der Waals surface area contributed by atoms with Crippen LogP contribution < -0.4 is 14.9 Å². The fourth-order valence-corrected chi connectivity index (χ4v) is 2.33. The maximum absolute atomic E-state index is 12.6. The lowest BCUT2D eigenvalue weighted by Gasteiger charge is -2.08. The van der Waals surface area contributed by atoms with Gasteiger partial charge < -0.3 is 19.0 Å². The molecule has 0 saturated carbocycles. The predicted molar refractivity (Wildman–Crippen MR) is 82.7 cm³/mol. The smallest absolute Gasteiger partial charge is 0.204 e. The molecule has 3 aromatic rings. The molecule has 0 unspecified atom stereocenters. The molecule has 0 saturated heterocycles. The van der Waals surface area contributed by atoms with Gasteiger partial charge in [0.25, 0.3) is 0 Å². The Morgan fingerprint density at radius 1 is 1.00 bits per heavy atom. The van der Waals surface area contributed by atoms with Crippen LogP contribution >= 0.6 is 0 Å². The number of rotatable bonds is 3. The minimum atomic E-state index is -0.190. The Balaban J connectivity index is 2.22. The molecule has 0 radical (unpaired) electrons. The minimum absolute atomic E-state index is 0.0738. The summed E-state index contributed by atoms with van der Waals surface area (Å²) >= 11 is 0. The zero-order valence-electron chi connectivity index (χ0n) is 12.1. The van der Waals surface area contributed by atoms with Crippen LogP contribution in [0.25, 0.3) is 22.1 Å². The summed E-state index contributed by atoms with van der Waals surface area (Å²) in [7, 11) is 2.99. The number of fused-ring (bicyclic) bond motifs is 1. The molecule has 1 N–H and O–H groups in total. The topological polar surface area (TPSA) is 68.9 Å². The van der Waals surface area contributed by atoms with E-state index < -0.39 is 0 Å². The molecular weight excluding hydrogens is 284 g/mol. The van der Waals surface area contributed by atoms with Crippen molar-refractivity contribution in [3.05, 3.63) is 52.9 Å². The number of phenols is 1. The third kappa shape index (κ3) is 2.16. The normalized spacial score (nSPS) is 10.6.